The molecule has 1 atom stereocenters. The van der Waals surface area contributed by atoms with Gasteiger partial charge in [-0.15, -0.1) is 0 Å². The Morgan fingerprint density at radius 2 is 2.08 bits per heavy atom. The topological polar surface area (TPSA) is 66.4 Å². The SMILES string of the molecule is CCC(CCO)CS(=O)(=O)NC. The average molecular weight is 195 g/mol. The molecule has 0 rings (SSSR count). The molecule has 0 aromatic heterocycles. The quantitative estimate of drug-likeness (QED) is 0.624. The highest BCUT2D eigenvalue weighted by Gasteiger charge is 2.15. The first-order valence-electron chi connectivity index (χ1n) is 4.07. The van der Waals surface area contributed by atoms with Gasteiger partial charge in [-0.05, 0) is 19.4 Å². The van der Waals surface area contributed by atoms with Crippen LogP contribution < -0.4 is 4.72 Å². The van der Waals surface area contributed by atoms with Crippen LogP contribution in [0.5, 0.6) is 0 Å². The molecule has 0 aromatic rings. The summed E-state index contributed by atoms with van der Waals surface area (Å²) in [5.74, 6) is 0.174. The monoisotopic (exact) mass is 195 g/mol. The van der Waals surface area contributed by atoms with Crippen molar-refractivity contribution in [2.45, 2.75) is 19.8 Å². The van der Waals surface area contributed by atoms with Crippen LogP contribution in [0.1, 0.15) is 19.8 Å². The first kappa shape index (κ1) is 11.9. The van der Waals surface area contributed by atoms with Crippen molar-refractivity contribution >= 4 is 10.0 Å². The van der Waals surface area contributed by atoms with E-state index in [-0.39, 0.29) is 18.3 Å². The molecule has 0 heterocycles. The number of hydrogen-bond donors (Lipinski definition) is 2. The number of sulfonamides is 1. The van der Waals surface area contributed by atoms with Crippen molar-refractivity contribution in [2.75, 3.05) is 19.4 Å². The minimum absolute atomic E-state index is 0.0533. The molecule has 0 saturated heterocycles. The van der Waals surface area contributed by atoms with Gasteiger partial charge in [0.05, 0.1) is 5.75 Å². The van der Waals surface area contributed by atoms with E-state index in [2.05, 4.69) is 4.72 Å². The van der Waals surface area contributed by atoms with E-state index >= 15 is 0 Å². The van der Waals surface area contributed by atoms with Crippen LogP contribution in [0, 0.1) is 5.92 Å². The standard InChI is InChI=1S/C7H17NO3S/c1-3-7(4-5-9)6-12(10,11)8-2/h7-9H,3-6H2,1-2H3. The summed E-state index contributed by atoms with van der Waals surface area (Å²) < 4.78 is 24.4. The summed E-state index contributed by atoms with van der Waals surface area (Å²) in [6, 6.07) is 0. The second-order valence-electron chi connectivity index (χ2n) is 2.77. The Bertz CT molecular complexity index is 201. The maximum Gasteiger partial charge on any atom is 0.211 e. The summed E-state index contributed by atoms with van der Waals surface area (Å²) in [7, 11) is -1.71. The van der Waals surface area contributed by atoms with Crippen molar-refractivity contribution in [3.63, 3.8) is 0 Å². The third-order valence-corrected chi connectivity index (χ3v) is 3.41. The summed E-state index contributed by atoms with van der Waals surface area (Å²) in [6.07, 6.45) is 1.33. The van der Waals surface area contributed by atoms with E-state index in [0.717, 1.165) is 6.42 Å². The molecule has 0 aromatic carbocycles. The lowest BCUT2D eigenvalue weighted by Gasteiger charge is -2.12. The summed E-state index contributed by atoms with van der Waals surface area (Å²) in [6.45, 7) is 1.98. The molecular weight excluding hydrogens is 178 g/mol. The molecule has 0 bridgehead atoms. The summed E-state index contributed by atoms with van der Waals surface area (Å²) in [5.41, 5.74) is 0. The van der Waals surface area contributed by atoms with Gasteiger partial charge in [-0.1, -0.05) is 13.3 Å². The maximum absolute atomic E-state index is 11.1. The fourth-order valence-electron chi connectivity index (χ4n) is 0.982. The third kappa shape index (κ3) is 4.69. The summed E-state index contributed by atoms with van der Waals surface area (Å²) in [5, 5.41) is 8.62. The molecule has 0 fully saturated rings. The average Bonchev–Trinajstić information content (AvgIpc) is 2.03. The predicted molar refractivity (Wildman–Crippen MR) is 48.3 cm³/mol. The zero-order valence-corrected chi connectivity index (χ0v) is 8.39. The number of hydrogen-bond acceptors (Lipinski definition) is 3. The molecule has 0 aliphatic heterocycles. The van der Waals surface area contributed by atoms with Crippen molar-refractivity contribution < 1.29 is 13.5 Å². The van der Waals surface area contributed by atoms with Crippen LogP contribution in [0.2, 0.25) is 0 Å². The van der Waals surface area contributed by atoms with Crippen molar-refractivity contribution in [1.82, 2.24) is 4.72 Å². The van der Waals surface area contributed by atoms with Gasteiger partial charge in [0.2, 0.25) is 10.0 Å². The van der Waals surface area contributed by atoms with Crippen LogP contribution in [0.15, 0.2) is 0 Å². The van der Waals surface area contributed by atoms with Gasteiger partial charge >= 0.3 is 0 Å². The van der Waals surface area contributed by atoms with Crippen LogP contribution in [-0.2, 0) is 10.0 Å². The first-order valence-corrected chi connectivity index (χ1v) is 5.73. The molecule has 5 heteroatoms. The molecule has 0 aliphatic rings. The molecule has 4 nitrogen and oxygen atoms in total. The molecule has 74 valence electrons. The van der Waals surface area contributed by atoms with E-state index in [0.29, 0.717) is 6.42 Å². The molecule has 0 aliphatic carbocycles. The number of rotatable bonds is 6. The van der Waals surface area contributed by atoms with Gasteiger partial charge in [0.25, 0.3) is 0 Å². The van der Waals surface area contributed by atoms with Gasteiger partial charge in [-0.3, -0.25) is 0 Å². The summed E-state index contributed by atoms with van der Waals surface area (Å²) >= 11 is 0. The first-order chi connectivity index (χ1) is 5.55. The lowest BCUT2D eigenvalue weighted by Crippen LogP contribution is -2.26. The Morgan fingerprint density at radius 1 is 1.50 bits per heavy atom. The van der Waals surface area contributed by atoms with Crippen LogP contribution >= 0.6 is 0 Å². The molecule has 2 N–H and O–H groups in total. The fraction of sp³-hybridized carbons (Fsp3) is 1.00. The van der Waals surface area contributed by atoms with E-state index in [9.17, 15) is 8.42 Å². The van der Waals surface area contributed by atoms with Gasteiger partial charge in [0.1, 0.15) is 0 Å². The van der Waals surface area contributed by atoms with Gasteiger partial charge in [0, 0.05) is 6.61 Å². The predicted octanol–water partition coefficient (Wildman–Crippen LogP) is -0.0558. The Hall–Kier alpha value is -0.130. The van der Waals surface area contributed by atoms with Gasteiger partial charge in [-0.2, -0.15) is 0 Å². The van der Waals surface area contributed by atoms with Crippen LogP contribution in [0.25, 0.3) is 0 Å². The van der Waals surface area contributed by atoms with Crippen molar-refractivity contribution in [1.29, 1.82) is 0 Å². The molecule has 12 heavy (non-hydrogen) atoms. The molecule has 0 amide bonds. The highest BCUT2D eigenvalue weighted by molar-refractivity contribution is 7.89. The number of aliphatic hydroxyl groups excluding tert-OH is 1. The van der Waals surface area contributed by atoms with E-state index < -0.39 is 10.0 Å². The lowest BCUT2D eigenvalue weighted by atomic mass is 10.1. The largest absolute Gasteiger partial charge is 0.396 e. The Labute approximate surface area is 74.0 Å². The zero-order valence-electron chi connectivity index (χ0n) is 7.58. The lowest BCUT2D eigenvalue weighted by molar-refractivity contribution is 0.261. The fourth-order valence-corrected chi connectivity index (χ4v) is 2.17. The zero-order chi connectivity index (χ0) is 9.61. The maximum atomic E-state index is 11.1. The highest BCUT2D eigenvalue weighted by Crippen LogP contribution is 2.09. The van der Waals surface area contributed by atoms with E-state index in [1.165, 1.54) is 7.05 Å². The molecule has 0 radical (unpaired) electrons. The van der Waals surface area contributed by atoms with E-state index in [1.807, 2.05) is 6.92 Å². The van der Waals surface area contributed by atoms with E-state index in [4.69, 9.17) is 5.11 Å². The Balaban J connectivity index is 4.02. The van der Waals surface area contributed by atoms with Crippen molar-refractivity contribution in [3.05, 3.63) is 0 Å². The van der Waals surface area contributed by atoms with Gasteiger partial charge < -0.3 is 5.11 Å². The van der Waals surface area contributed by atoms with Gasteiger partial charge in [0.15, 0.2) is 0 Å². The van der Waals surface area contributed by atoms with Crippen LogP contribution in [0.3, 0.4) is 0 Å². The smallest absolute Gasteiger partial charge is 0.211 e. The minimum Gasteiger partial charge on any atom is -0.396 e. The highest BCUT2D eigenvalue weighted by atomic mass is 32.2. The van der Waals surface area contributed by atoms with Crippen molar-refractivity contribution in [2.24, 2.45) is 5.92 Å². The van der Waals surface area contributed by atoms with E-state index in [1.54, 1.807) is 0 Å². The normalized spacial score (nSPS) is 14.6. The van der Waals surface area contributed by atoms with Crippen LogP contribution in [-0.4, -0.2) is 32.9 Å². The minimum atomic E-state index is -3.11. The number of nitrogens with one attached hydrogen (secondary N) is 1. The Morgan fingerprint density at radius 3 is 2.42 bits per heavy atom. The van der Waals surface area contributed by atoms with Crippen LogP contribution in [0.4, 0.5) is 0 Å². The molecule has 0 spiro atoms. The Kier molecular flexibility index (Phi) is 5.44. The molecule has 0 saturated carbocycles. The number of aliphatic hydroxyl groups is 1. The molecule has 1 unspecified atom stereocenters. The molecular formula is C7H17NO3S. The second-order valence-corrected chi connectivity index (χ2v) is 4.74. The third-order valence-electron chi connectivity index (χ3n) is 1.88. The van der Waals surface area contributed by atoms with Crippen molar-refractivity contribution in [3.8, 4) is 0 Å². The summed E-state index contributed by atoms with van der Waals surface area (Å²) in [4.78, 5) is 0. The second kappa shape index (κ2) is 5.50. The van der Waals surface area contributed by atoms with Gasteiger partial charge in [-0.25, -0.2) is 13.1 Å².